The van der Waals surface area contributed by atoms with Crippen molar-refractivity contribution in [3.8, 4) is 0 Å². The number of aromatic nitrogens is 2. The number of carbonyl (C=O) groups is 1. The Morgan fingerprint density at radius 3 is 3.11 bits per heavy atom. The molecule has 2 N–H and O–H groups in total. The van der Waals surface area contributed by atoms with Gasteiger partial charge in [-0.05, 0) is 25.7 Å². The molecule has 18 heavy (non-hydrogen) atoms. The second kappa shape index (κ2) is 4.72. The van der Waals surface area contributed by atoms with Gasteiger partial charge in [-0.15, -0.1) is 0 Å². The molecule has 2 aliphatic rings. The standard InChI is InChI=1S/C13H18N2O3/c16-13(17)8-3-4-10-11(6-8)15-12(14-10)7-9-2-1-5-18-9/h8-9H,1-7H2,(H,14,15)(H,16,17). The number of hydrogen-bond donors (Lipinski definition) is 2. The van der Waals surface area contributed by atoms with E-state index in [0.717, 1.165) is 49.5 Å². The summed E-state index contributed by atoms with van der Waals surface area (Å²) in [5, 5.41) is 9.05. The van der Waals surface area contributed by atoms with Gasteiger partial charge in [-0.25, -0.2) is 4.98 Å². The van der Waals surface area contributed by atoms with Crippen LogP contribution in [0.2, 0.25) is 0 Å². The number of fused-ring (bicyclic) bond motifs is 1. The molecular formula is C13H18N2O3. The van der Waals surface area contributed by atoms with Crippen LogP contribution < -0.4 is 0 Å². The van der Waals surface area contributed by atoms with Gasteiger partial charge in [0, 0.05) is 25.1 Å². The maximum absolute atomic E-state index is 11.0. The maximum atomic E-state index is 11.0. The average molecular weight is 250 g/mol. The number of H-pyrrole nitrogens is 1. The summed E-state index contributed by atoms with van der Waals surface area (Å²) >= 11 is 0. The first-order chi connectivity index (χ1) is 8.72. The Bertz CT molecular complexity index is 449. The zero-order valence-electron chi connectivity index (χ0n) is 10.3. The summed E-state index contributed by atoms with van der Waals surface area (Å²) in [6, 6.07) is 0. The number of aliphatic carboxylic acids is 1. The topological polar surface area (TPSA) is 75.2 Å². The fraction of sp³-hybridized carbons (Fsp3) is 0.692. The Balaban J connectivity index is 1.70. The van der Waals surface area contributed by atoms with Crippen molar-refractivity contribution in [3.63, 3.8) is 0 Å². The summed E-state index contributed by atoms with van der Waals surface area (Å²) in [7, 11) is 0. The molecule has 0 amide bonds. The molecule has 0 saturated carbocycles. The van der Waals surface area contributed by atoms with E-state index in [1.165, 1.54) is 0 Å². The molecule has 0 radical (unpaired) electrons. The zero-order chi connectivity index (χ0) is 12.5. The highest BCUT2D eigenvalue weighted by Gasteiger charge is 2.27. The monoisotopic (exact) mass is 250 g/mol. The number of carboxylic acids is 1. The highest BCUT2D eigenvalue weighted by molar-refractivity contribution is 5.70. The lowest BCUT2D eigenvalue weighted by atomic mass is 9.90. The zero-order valence-corrected chi connectivity index (χ0v) is 10.3. The van der Waals surface area contributed by atoms with Crippen LogP contribution in [-0.2, 0) is 28.8 Å². The van der Waals surface area contributed by atoms with E-state index in [0.29, 0.717) is 12.8 Å². The minimum absolute atomic E-state index is 0.256. The third-order valence-corrected chi connectivity index (χ3v) is 3.89. The molecule has 1 fully saturated rings. The van der Waals surface area contributed by atoms with Crippen molar-refractivity contribution in [1.82, 2.24) is 9.97 Å². The molecule has 1 aromatic rings. The molecule has 5 heteroatoms. The smallest absolute Gasteiger partial charge is 0.306 e. The number of imidazole rings is 1. The van der Waals surface area contributed by atoms with E-state index in [9.17, 15) is 4.79 Å². The van der Waals surface area contributed by atoms with Gasteiger partial charge < -0.3 is 14.8 Å². The number of carboxylic acid groups (broad SMARTS) is 1. The van der Waals surface area contributed by atoms with Crippen LogP contribution >= 0.6 is 0 Å². The molecular weight excluding hydrogens is 232 g/mol. The number of rotatable bonds is 3. The van der Waals surface area contributed by atoms with E-state index < -0.39 is 5.97 Å². The maximum Gasteiger partial charge on any atom is 0.306 e. The number of nitrogens with one attached hydrogen (secondary N) is 1. The van der Waals surface area contributed by atoms with Gasteiger partial charge in [-0.1, -0.05) is 0 Å². The SMILES string of the molecule is O=C(O)C1CCc2nc(CC3CCCO3)[nH]c2C1. The van der Waals surface area contributed by atoms with Gasteiger partial charge in [0.05, 0.1) is 17.7 Å². The Morgan fingerprint density at radius 1 is 1.50 bits per heavy atom. The van der Waals surface area contributed by atoms with Gasteiger partial charge in [0.25, 0.3) is 0 Å². The fourth-order valence-electron chi connectivity index (χ4n) is 2.87. The van der Waals surface area contributed by atoms with Crippen LogP contribution in [0.25, 0.3) is 0 Å². The number of aromatic amines is 1. The molecule has 1 aliphatic heterocycles. The first-order valence-electron chi connectivity index (χ1n) is 6.63. The van der Waals surface area contributed by atoms with Gasteiger partial charge in [-0.2, -0.15) is 0 Å². The predicted octanol–water partition coefficient (Wildman–Crippen LogP) is 1.32. The third kappa shape index (κ3) is 2.27. The van der Waals surface area contributed by atoms with Crippen molar-refractivity contribution in [2.24, 2.45) is 5.92 Å². The molecule has 2 unspecified atom stereocenters. The minimum atomic E-state index is -0.698. The molecule has 0 bridgehead atoms. The van der Waals surface area contributed by atoms with E-state index in [1.54, 1.807) is 0 Å². The second-order valence-electron chi connectivity index (χ2n) is 5.23. The van der Waals surface area contributed by atoms with Gasteiger partial charge in [0.2, 0.25) is 0 Å². The fourth-order valence-corrected chi connectivity index (χ4v) is 2.87. The lowest BCUT2D eigenvalue weighted by Gasteiger charge is -2.16. The lowest BCUT2D eigenvalue weighted by molar-refractivity contribution is -0.142. The van der Waals surface area contributed by atoms with Crippen molar-refractivity contribution < 1.29 is 14.6 Å². The molecule has 3 rings (SSSR count). The summed E-state index contributed by atoms with van der Waals surface area (Å²) < 4.78 is 5.59. The lowest BCUT2D eigenvalue weighted by Crippen LogP contribution is -2.22. The van der Waals surface area contributed by atoms with Crippen molar-refractivity contribution >= 4 is 5.97 Å². The van der Waals surface area contributed by atoms with E-state index >= 15 is 0 Å². The van der Waals surface area contributed by atoms with Crippen molar-refractivity contribution in [2.75, 3.05) is 6.61 Å². The summed E-state index contributed by atoms with van der Waals surface area (Å²) in [6.45, 7) is 0.853. The Hall–Kier alpha value is -1.36. The molecule has 5 nitrogen and oxygen atoms in total. The molecule has 2 heterocycles. The van der Waals surface area contributed by atoms with Crippen LogP contribution in [0.4, 0.5) is 0 Å². The summed E-state index contributed by atoms with van der Waals surface area (Å²) in [6.07, 6.45) is 5.40. The number of ether oxygens (including phenoxy) is 1. The molecule has 1 aliphatic carbocycles. The molecule has 1 saturated heterocycles. The van der Waals surface area contributed by atoms with Crippen LogP contribution in [0, 0.1) is 5.92 Å². The molecule has 2 atom stereocenters. The number of nitrogens with zero attached hydrogens (tertiary/aromatic N) is 1. The van der Waals surface area contributed by atoms with Gasteiger partial charge in [0.15, 0.2) is 0 Å². The second-order valence-corrected chi connectivity index (χ2v) is 5.23. The number of hydrogen-bond acceptors (Lipinski definition) is 3. The molecule has 98 valence electrons. The quantitative estimate of drug-likeness (QED) is 0.848. The Labute approximate surface area is 106 Å². The van der Waals surface area contributed by atoms with Crippen molar-refractivity contribution in [3.05, 3.63) is 17.2 Å². The highest BCUT2D eigenvalue weighted by atomic mass is 16.5. The predicted molar refractivity (Wildman–Crippen MR) is 64.4 cm³/mol. The Morgan fingerprint density at radius 2 is 2.39 bits per heavy atom. The summed E-state index contributed by atoms with van der Waals surface area (Å²) in [4.78, 5) is 18.9. The van der Waals surface area contributed by atoms with Gasteiger partial charge in [-0.3, -0.25) is 4.79 Å². The average Bonchev–Trinajstić information content (AvgIpc) is 2.96. The Kier molecular flexibility index (Phi) is 3.07. The van der Waals surface area contributed by atoms with E-state index in [1.807, 2.05) is 0 Å². The van der Waals surface area contributed by atoms with Crippen LogP contribution in [-0.4, -0.2) is 33.8 Å². The van der Waals surface area contributed by atoms with Crippen LogP contribution in [0.5, 0.6) is 0 Å². The molecule has 1 aromatic heterocycles. The van der Waals surface area contributed by atoms with E-state index in [4.69, 9.17) is 9.84 Å². The molecule has 0 aromatic carbocycles. The first-order valence-corrected chi connectivity index (χ1v) is 6.63. The molecule has 0 spiro atoms. The van der Waals surface area contributed by atoms with Crippen molar-refractivity contribution in [1.29, 1.82) is 0 Å². The third-order valence-electron chi connectivity index (χ3n) is 3.89. The van der Waals surface area contributed by atoms with Crippen LogP contribution in [0.15, 0.2) is 0 Å². The van der Waals surface area contributed by atoms with Crippen molar-refractivity contribution in [2.45, 2.75) is 44.6 Å². The van der Waals surface area contributed by atoms with E-state index in [-0.39, 0.29) is 12.0 Å². The normalized spacial score (nSPS) is 27.1. The number of aryl methyl sites for hydroxylation is 1. The summed E-state index contributed by atoms with van der Waals surface area (Å²) in [5.41, 5.74) is 2.07. The van der Waals surface area contributed by atoms with Gasteiger partial charge in [0.1, 0.15) is 5.82 Å². The van der Waals surface area contributed by atoms with Gasteiger partial charge >= 0.3 is 5.97 Å². The van der Waals surface area contributed by atoms with E-state index in [2.05, 4.69) is 9.97 Å². The van der Waals surface area contributed by atoms with Crippen LogP contribution in [0.3, 0.4) is 0 Å². The largest absolute Gasteiger partial charge is 0.481 e. The van der Waals surface area contributed by atoms with Crippen LogP contribution in [0.1, 0.15) is 36.5 Å². The summed E-state index contributed by atoms with van der Waals surface area (Å²) in [5.74, 6) is 0.00222. The minimum Gasteiger partial charge on any atom is -0.481 e. The highest BCUT2D eigenvalue weighted by Crippen LogP contribution is 2.25. The first kappa shape index (κ1) is 11.7.